The number of para-hydroxylation sites is 1. The van der Waals surface area contributed by atoms with Crippen LogP contribution in [0.25, 0.3) is 10.9 Å². The topological polar surface area (TPSA) is 101 Å². The second-order valence-corrected chi connectivity index (χ2v) is 10.5. The minimum Gasteiger partial charge on any atom is -0.493 e. The fourth-order valence-electron chi connectivity index (χ4n) is 6.15. The molecule has 1 N–H and O–H groups in total. The number of nitrogens with zero attached hydrogens (tertiary/aromatic N) is 6. The highest BCUT2D eigenvalue weighted by molar-refractivity contribution is 5.83. The van der Waals surface area contributed by atoms with Crippen LogP contribution in [0, 0.1) is 5.82 Å². The van der Waals surface area contributed by atoms with E-state index in [0.717, 1.165) is 31.1 Å². The number of hydrogen-bond donors (Lipinski definition) is 1. The highest BCUT2D eigenvalue weighted by Gasteiger charge is 2.35. The number of halogens is 1. The van der Waals surface area contributed by atoms with Crippen molar-refractivity contribution in [2.24, 2.45) is 0 Å². The molecule has 0 spiro atoms. The number of nitrogens with one attached hydrogen (secondary N) is 1. The maximum Gasteiger partial charge on any atom is 0.253 e. The number of hydrogen-bond acceptors (Lipinski definition) is 8. The number of tetrazole rings is 1. The zero-order valence-corrected chi connectivity index (χ0v) is 22.8. The SMILES string of the molecule is COc1cc2cc([C@@H](c3nnnn3C3CCCCC3)N3CCN(c4ccccc4F)CC3)c(=O)[nH]c2cc1OC. The summed E-state index contributed by atoms with van der Waals surface area (Å²) in [5.41, 5.74) is 1.60. The van der Waals surface area contributed by atoms with Gasteiger partial charge in [-0.25, -0.2) is 9.07 Å². The third kappa shape index (κ3) is 4.90. The lowest BCUT2D eigenvalue weighted by Crippen LogP contribution is -2.49. The van der Waals surface area contributed by atoms with Gasteiger partial charge in [0.15, 0.2) is 17.3 Å². The smallest absolute Gasteiger partial charge is 0.253 e. The maximum atomic E-state index is 14.5. The van der Waals surface area contributed by atoms with Crippen LogP contribution in [0.2, 0.25) is 0 Å². The van der Waals surface area contributed by atoms with Crippen molar-refractivity contribution >= 4 is 16.6 Å². The Balaban J connectivity index is 1.41. The van der Waals surface area contributed by atoms with Crippen LogP contribution in [0.4, 0.5) is 10.1 Å². The molecule has 2 aliphatic rings. The minimum atomic E-state index is -0.471. The van der Waals surface area contributed by atoms with Crippen LogP contribution >= 0.6 is 0 Å². The Morgan fingerprint density at radius 2 is 1.70 bits per heavy atom. The number of piperazine rings is 1. The molecule has 3 heterocycles. The van der Waals surface area contributed by atoms with Gasteiger partial charge in [-0.05, 0) is 47.5 Å². The lowest BCUT2D eigenvalue weighted by molar-refractivity contribution is 0.192. The van der Waals surface area contributed by atoms with Gasteiger partial charge in [0.05, 0.1) is 31.5 Å². The number of rotatable bonds is 7. The summed E-state index contributed by atoms with van der Waals surface area (Å²) in [7, 11) is 3.16. The van der Waals surface area contributed by atoms with Gasteiger partial charge in [-0.2, -0.15) is 0 Å². The Morgan fingerprint density at radius 1 is 0.975 bits per heavy atom. The van der Waals surface area contributed by atoms with Crippen molar-refractivity contribution < 1.29 is 13.9 Å². The molecular weight excluding hydrogens is 513 g/mol. The Morgan fingerprint density at radius 3 is 2.42 bits per heavy atom. The molecule has 11 heteroatoms. The molecule has 10 nitrogen and oxygen atoms in total. The van der Waals surface area contributed by atoms with E-state index in [1.807, 2.05) is 28.9 Å². The average molecular weight is 548 g/mol. The van der Waals surface area contributed by atoms with Gasteiger partial charge in [-0.15, -0.1) is 5.10 Å². The highest BCUT2D eigenvalue weighted by atomic mass is 19.1. The molecule has 1 aliphatic heterocycles. The number of methoxy groups -OCH3 is 2. The van der Waals surface area contributed by atoms with Crippen molar-refractivity contribution in [3.8, 4) is 11.5 Å². The van der Waals surface area contributed by atoms with E-state index in [9.17, 15) is 9.18 Å². The molecule has 2 fully saturated rings. The number of benzene rings is 2. The molecule has 0 unspecified atom stereocenters. The standard InChI is InChI=1S/C29H34FN7O3/c1-39-25-17-19-16-21(29(38)31-23(19)18-26(25)40-2)27(28-32-33-34-37(28)20-8-4-3-5-9-20)36-14-12-35(13-15-36)24-11-7-6-10-22(24)30/h6-7,10-11,16-18,20,27H,3-5,8-9,12-15H2,1-2H3,(H,31,38)/t27-/m0/s1. The molecule has 1 atom stereocenters. The van der Waals surface area contributed by atoms with Gasteiger partial charge in [-0.3, -0.25) is 9.69 Å². The van der Waals surface area contributed by atoms with Crippen molar-refractivity contribution in [1.29, 1.82) is 0 Å². The number of aromatic amines is 1. The van der Waals surface area contributed by atoms with Crippen LogP contribution in [0.5, 0.6) is 11.5 Å². The first-order valence-electron chi connectivity index (χ1n) is 13.9. The monoisotopic (exact) mass is 547 g/mol. The fraction of sp³-hybridized carbons (Fsp3) is 0.448. The second kappa shape index (κ2) is 11.2. The van der Waals surface area contributed by atoms with Crippen LogP contribution in [0.15, 0.2) is 47.3 Å². The van der Waals surface area contributed by atoms with Gasteiger partial charge < -0.3 is 19.4 Å². The van der Waals surface area contributed by atoms with E-state index in [0.29, 0.717) is 60.3 Å². The second-order valence-electron chi connectivity index (χ2n) is 10.5. The zero-order valence-electron chi connectivity index (χ0n) is 22.8. The summed E-state index contributed by atoms with van der Waals surface area (Å²) >= 11 is 0. The maximum absolute atomic E-state index is 14.5. The minimum absolute atomic E-state index is 0.199. The van der Waals surface area contributed by atoms with Gasteiger partial charge in [0.1, 0.15) is 11.9 Å². The normalized spacial score (nSPS) is 17.7. The van der Waals surface area contributed by atoms with E-state index in [2.05, 4.69) is 30.3 Å². The average Bonchev–Trinajstić information content (AvgIpc) is 3.47. The molecule has 1 saturated carbocycles. The van der Waals surface area contributed by atoms with E-state index < -0.39 is 6.04 Å². The zero-order chi connectivity index (χ0) is 27.6. The summed E-state index contributed by atoms with van der Waals surface area (Å²) < 4.78 is 27.4. The Hall–Kier alpha value is -3.99. The van der Waals surface area contributed by atoms with E-state index in [4.69, 9.17) is 9.47 Å². The van der Waals surface area contributed by atoms with Crippen molar-refractivity contribution in [1.82, 2.24) is 30.1 Å². The molecule has 6 rings (SSSR count). The third-order valence-electron chi connectivity index (χ3n) is 8.23. The largest absolute Gasteiger partial charge is 0.493 e. The van der Waals surface area contributed by atoms with Crippen LogP contribution in [-0.4, -0.2) is 70.5 Å². The quantitative estimate of drug-likeness (QED) is 0.369. The third-order valence-corrected chi connectivity index (χ3v) is 8.23. The van der Waals surface area contributed by atoms with E-state index >= 15 is 0 Å². The molecule has 2 aromatic heterocycles. The molecule has 210 valence electrons. The van der Waals surface area contributed by atoms with Crippen molar-refractivity contribution in [2.45, 2.75) is 44.2 Å². The number of aromatic nitrogens is 5. The highest BCUT2D eigenvalue weighted by Crippen LogP contribution is 2.36. The van der Waals surface area contributed by atoms with Gasteiger partial charge in [0.25, 0.3) is 5.56 Å². The van der Waals surface area contributed by atoms with E-state index in [-0.39, 0.29) is 17.4 Å². The molecule has 1 aliphatic carbocycles. The van der Waals surface area contributed by atoms with Crippen molar-refractivity contribution in [2.75, 3.05) is 45.3 Å². The summed E-state index contributed by atoms with van der Waals surface area (Å²) in [4.78, 5) is 21.0. The molecular formula is C29H34FN7O3. The molecule has 2 aromatic carbocycles. The van der Waals surface area contributed by atoms with Gasteiger partial charge >= 0.3 is 0 Å². The summed E-state index contributed by atoms with van der Waals surface area (Å²) in [5.74, 6) is 1.55. The number of ether oxygens (including phenoxy) is 2. The van der Waals surface area contributed by atoms with E-state index in [1.165, 1.54) is 12.5 Å². The molecule has 40 heavy (non-hydrogen) atoms. The Kier molecular flexibility index (Phi) is 7.38. The first kappa shape index (κ1) is 26.2. The fourth-order valence-corrected chi connectivity index (χ4v) is 6.15. The molecule has 0 radical (unpaired) electrons. The first-order chi connectivity index (χ1) is 19.6. The first-order valence-corrected chi connectivity index (χ1v) is 13.9. The molecule has 0 amide bonds. The van der Waals surface area contributed by atoms with Crippen LogP contribution < -0.4 is 19.9 Å². The Bertz CT molecular complexity index is 1540. The summed E-state index contributed by atoms with van der Waals surface area (Å²) in [6.07, 6.45) is 5.50. The van der Waals surface area contributed by atoms with E-state index in [1.54, 1.807) is 26.4 Å². The van der Waals surface area contributed by atoms with Crippen molar-refractivity contribution in [3.05, 3.63) is 70.0 Å². The number of H-pyrrole nitrogens is 1. The van der Waals surface area contributed by atoms with Gasteiger partial charge in [0.2, 0.25) is 0 Å². The molecule has 0 bridgehead atoms. The van der Waals surface area contributed by atoms with Gasteiger partial charge in [-0.1, -0.05) is 31.4 Å². The lowest BCUT2D eigenvalue weighted by Gasteiger charge is -2.40. The summed E-state index contributed by atoms with van der Waals surface area (Å²) in [6, 6.07) is 12.1. The van der Waals surface area contributed by atoms with Crippen molar-refractivity contribution in [3.63, 3.8) is 0 Å². The molecule has 4 aromatic rings. The summed E-state index contributed by atoms with van der Waals surface area (Å²) in [5, 5.41) is 13.8. The van der Waals surface area contributed by atoms with Gasteiger partial charge in [0, 0.05) is 43.2 Å². The number of anilines is 1. The van der Waals surface area contributed by atoms with Crippen LogP contribution in [0.1, 0.15) is 55.6 Å². The lowest BCUT2D eigenvalue weighted by atomic mass is 9.95. The Labute approximate surface area is 231 Å². The molecule has 1 saturated heterocycles. The summed E-state index contributed by atoms with van der Waals surface area (Å²) in [6.45, 7) is 2.44. The number of fused-ring (bicyclic) bond motifs is 1. The van der Waals surface area contributed by atoms with Crippen LogP contribution in [-0.2, 0) is 0 Å². The predicted molar refractivity (Wildman–Crippen MR) is 150 cm³/mol. The van der Waals surface area contributed by atoms with Crippen LogP contribution in [0.3, 0.4) is 0 Å². The predicted octanol–water partition coefficient (Wildman–Crippen LogP) is 4.09. The number of pyridine rings is 1.